The molecule has 1 saturated carbocycles. The zero-order valence-electron chi connectivity index (χ0n) is 14.6. The van der Waals surface area contributed by atoms with Crippen LogP contribution in [0.3, 0.4) is 0 Å². The molecular formula is C19H29N3. The number of hydrogen-bond donors (Lipinski definition) is 1. The highest BCUT2D eigenvalue weighted by Gasteiger charge is 2.47. The first-order valence-electron chi connectivity index (χ1n) is 8.16. The van der Waals surface area contributed by atoms with Crippen LogP contribution < -0.4 is 5.32 Å². The molecular weight excluding hydrogens is 270 g/mol. The Morgan fingerprint density at radius 3 is 2.36 bits per heavy atom. The SMILES string of the molecule is CN(C)C1CC(C#N)(NC(C)(C)C)CC1Cc1ccccc1. The minimum absolute atomic E-state index is 0.0474. The Kier molecular flexibility index (Phi) is 4.94. The number of nitrogens with one attached hydrogen (secondary N) is 1. The van der Waals surface area contributed by atoms with Crippen LogP contribution in [0.25, 0.3) is 0 Å². The summed E-state index contributed by atoms with van der Waals surface area (Å²) in [4.78, 5) is 2.29. The molecule has 3 nitrogen and oxygen atoms in total. The van der Waals surface area contributed by atoms with Crippen LogP contribution in [0.1, 0.15) is 39.2 Å². The van der Waals surface area contributed by atoms with Crippen molar-refractivity contribution in [1.82, 2.24) is 10.2 Å². The van der Waals surface area contributed by atoms with E-state index in [4.69, 9.17) is 0 Å². The average molecular weight is 299 g/mol. The van der Waals surface area contributed by atoms with E-state index in [1.54, 1.807) is 0 Å². The molecule has 1 N–H and O–H groups in total. The molecule has 0 radical (unpaired) electrons. The van der Waals surface area contributed by atoms with Crippen LogP contribution >= 0.6 is 0 Å². The van der Waals surface area contributed by atoms with Crippen molar-refractivity contribution in [2.75, 3.05) is 14.1 Å². The second-order valence-corrected chi connectivity index (χ2v) is 7.96. The highest BCUT2D eigenvalue weighted by molar-refractivity contribution is 5.21. The summed E-state index contributed by atoms with van der Waals surface area (Å²) < 4.78 is 0. The fraction of sp³-hybridized carbons (Fsp3) is 0.632. The Bertz CT molecular complexity index is 524. The topological polar surface area (TPSA) is 39.1 Å². The van der Waals surface area contributed by atoms with E-state index in [1.807, 2.05) is 0 Å². The Morgan fingerprint density at radius 2 is 1.86 bits per heavy atom. The molecule has 1 aliphatic rings. The number of hydrogen-bond acceptors (Lipinski definition) is 3. The Morgan fingerprint density at radius 1 is 1.23 bits per heavy atom. The van der Waals surface area contributed by atoms with Crippen LogP contribution in [0, 0.1) is 17.2 Å². The minimum Gasteiger partial charge on any atom is -0.306 e. The van der Waals surface area contributed by atoms with Crippen molar-refractivity contribution in [1.29, 1.82) is 5.26 Å². The van der Waals surface area contributed by atoms with Crippen LogP contribution in [0.5, 0.6) is 0 Å². The summed E-state index contributed by atoms with van der Waals surface area (Å²) in [6, 6.07) is 13.7. The molecule has 2 rings (SSSR count). The van der Waals surface area contributed by atoms with Gasteiger partial charge in [-0.25, -0.2) is 0 Å². The molecule has 0 saturated heterocycles. The van der Waals surface area contributed by atoms with E-state index in [9.17, 15) is 5.26 Å². The molecule has 0 heterocycles. The third-order valence-corrected chi connectivity index (χ3v) is 4.54. The van der Waals surface area contributed by atoms with Crippen molar-refractivity contribution < 1.29 is 0 Å². The second kappa shape index (κ2) is 6.40. The van der Waals surface area contributed by atoms with Crippen molar-refractivity contribution in [2.45, 2.75) is 57.2 Å². The van der Waals surface area contributed by atoms with Crippen molar-refractivity contribution in [2.24, 2.45) is 5.92 Å². The average Bonchev–Trinajstić information content (AvgIpc) is 2.77. The van der Waals surface area contributed by atoms with E-state index in [1.165, 1.54) is 5.56 Å². The summed E-state index contributed by atoms with van der Waals surface area (Å²) in [5.41, 5.74) is 0.907. The van der Waals surface area contributed by atoms with Gasteiger partial charge < -0.3 is 4.90 Å². The molecule has 0 aliphatic heterocycles. The first kappa shape index (κ1) is 17.0. The Balaban J connectivity index is 2.20. The highest BCUT2D eigenvalue weighted by Crippen LogP contribution is 2.39. The summed E-state index contributed by atoms with van der Waals surface area (Å²) in [6.45, 7) is 6.42. The number of nitriles is 1. The molecule has 3 heteroatoms. The van der Waals surface area contributed by atoms with Gasteiger partial charge in [-0.3, -0.25) is 5.32 Å². The molecule has 1 aliphatic carbocycles. The molecule has 0 amide bonds. The summed E-state index contributed by atoms with van der Waals surface area (Å²) >= 11 is 0. The molecule has 3 unspecified atom stereocenters. The largest absolute Gasteiger partial charge is 0.306 e. The minimum atomic E-state index is -0.410. The maximum absolute atomic E-state index is 9.83. The van der Waals surface area contributed by atoms with Crippen LogP contribution in [-0.4, -0.2) is 36.1 Å². The molecule has 1 fully saturated rings. The zero-order chi connectivity index (χ0) is 16.4. The van der Waals surface area contributed by atoms with Crippen molar-refractivity contribution in [3.8, 4) is 6.07 Å². The predicted octanol–water partition coefficient (Wildman–Crippen LogP) is 3.22. The van der Waals surface area contributed by atoms with Gasteiger partial charge in [-0.05, 0) is 65.6 Å². The first-order chi connectivity index (χ1) is 10.2. The fourth-order valence-corrected chi connectivity index (χ4v) is 3.86. The number of benzene rings is 1. The van der Waals surface area contributed by atoms with Crippen molar-refractivity contribution in [3.05, 3.63) is 35.9 Å². The Hall–Kier alpha value is -1.37. The van der Waals surface area contributed by atoms with E-state index in [2.05, 4.69) is 81.5 Å². The summed E-state index contributed by atoms with van der Waals surface area (Å²) in [6.07, 6.45) is 2.85. The van der Waals surface area contributed by atoms with Crippen LogP contribution in [0.15, 0.2) is 30.3 Å². The van der Waals surface area contributed by atoms with Crippen molar-refractivity contribution >= 4 is 0 Å². The van der Waals surface area contributed by atoms with Gasteiger partial charge in [0.05, 0.1) is 6.07 Å². The lowest BCUT2D eigenvalue weighted by molar-refractivity contribution is 0.231. The molecule has 1 aromatic carbocycles. The van der Waals surface area contributed by atoms with E-state index >= 15 is 0 Å². The van der Waals surface area contributed by atoms with Gasteiger partial charge >= 0.3 is 0 Å². The molecule has 0 spiro atoms. The van der Waals surface area contributed by atoms with Gasteiger partial charge in [-0.2, -0.15) is 5.26 Å². The smallest absolute Gasteiger partial charge is 0.109 e. The zero-order valence-corrected chi connectivity index (χ0v) is 14.6. The third kappa shape index (κ3) is 4.09. The summed E-state index contributed by atoms with van der Waals surface area (Å²) in [5.74, 6) is 0.506. The van der Waals surface area contributed by atoms with E-state index in [0.717, 1.165) is 19.3 Å². The lowest BCUT2D eigenvalue weighted by atomic mass is 9.91. The summed E-state index contributed by atoms with van der Waals surface area (Å²) in [7, 11) is 4.26. The third-order valence-electron chi connectivity index (χ3n) is 4.54. The van der Waals surface area contributed by atoms with Crippen LogP contribution in [0.4, 0.5) is 0 Å². The molecule has 22 heavy (non-hydrogen) atoms. The maximum Gasteiger partial charge on any atom is 0.109 e. The normalized spacial score (nSPS) is 28.8. The number of rotatable bonds is 4. The lowest BCUT2D eigenvalue weighted by Gasteiger charge is -2.33. The van der Waals surface area contributed by atoms with Crippen molar-refractivity contribution in [3.63, 3.8) is 0 Å². The molecule has 1 aromatic rings. The first-order valence-corrected chi connectivity index (χ1v) is 8.16. The van der Waals surface area contributed by atoms with E-state index in [0.29, 0.717) is 12.0 Å². The fourth-order valence-electron chi connectivity index (χ4n) is 3.86. The maximum atomic E-state index is 9.83. The lowest BCUT2D eigenvalue weighted by Crippen LogP contribution is -2.52. The van der Waals surface area contributed by atoms with Gasteiger partial charge in [0.15, 0.2) is 0 Å². The van der Waals surface area contributed by atoms with Gasteiger partial charge in [0, 0.05) is 11.6 Å². The van der Waals surface area contributed by atoms with E-state index in [-0.39, 0.29) is 5.54 Å². The standard InChI is InChI=1S/C19H29N3/c1-18(2,3)21-19(14-20)12-16(17(13-19)22(4)5)11-15-9-7-6-8-10-15/h6-10,16-17,21H,11-13H2,1-5H3. The molecule has 120 valence electrons. The van der Waals surface area contributed by atoms with Gasteiger partial charge in [0.2, 0.25) is 0 Å². The van der Waals surface area contributed by atoms with Gasteiger partial charge in [0.1, 0.15) is 5.54 Å². The molecule has 0 bridgehead atoms. The highest BCUT2D eigenvalue weighted by atomic mass is 15.1. The molecule has 0 aromatic heterocycles. The van der Waals surface area contributed by atoms with Gasteiger partial charge in [0.25, 0.3) is 0 Å². The van der Waals surface area contributed by atoms with E-state index < -0.39 is 5.54 Å². The monoisotopic (exact) mass is 299 g/mol. The van der Waals surface area contributed by atoms with Gasteiger partial charge in [-0.15, -0.1) is 0 Å². The van der Waals surface area contributed by atoms with Crippen LogP contribution in [-0.2, 0) is 6.42 Å². The second-order valence-electron chi connectivity index (χ2n) is 7.96. The number of nitrogens with zero attached hydrogens (tertiary/aromatic N) is 2. The Labute approximate surface area is 135 Å². The van der Waals surface area contributed by atoms with Gasteiger partial charge in [-0.1, -0.05) is 30.3 Å². The summed E-state index contributed by atoms with van der Waals surface area (Å²) in [5, 5.41) is 13.4. The predicted molar refractivity (Wildman–Crippen MR) is 91.6 cm³/mol. The molecule has 3 atom stereocenters. The quantitative estimate of drug-likeness (QED) is 0.928. The van der Waals surface area contributed by atoms with Crippen LogP contribution in [0.2, 0.25) is 0 Å².